The Morgan fingerprint density at radius 2 is 2.00 bits per heavy atom. The monoisotopic (exact) mass is 247 g/mol. The van der Waals surface area contributed by atoms with Crippen LogP contribution in [0, 0.1) is 0 Å². The molecule has 0 atom stereocenters. The van der Waals surface area contributed by atoms with Crippen LogP contribution in [-0.2, 0) is 6.42 Å². The molecule has 0 saturated carbocycles. The van der Waals surface area contributed by atoms with Crippen LogP contribution in [-0.4, -0.2) is 23.1 Å². The van der Waals surface area contributed by atoms with Crippen LogP contribution in [0.1, 0.15) is 5.56 Å². The number of para-hydroxylation sites is 1. The van der Waals surface area contributed by atoms with Gasteiger partial charge in [-0.15, -0.1) is 23.2 Å². The van der Waals surface area contributed by atoms with Crippen LogP contribution in [0.3, 0.4) is 0 Å². The van der Waals surface area contributed by atoms with E-state index in [1.807, 2.05) is 12.1 Å². The Balaban J connectivity index is 3.04. The Kier molecular flexibility index (Phi) is 4.72. The van der Waals surface area contributed by atoms with Crippen LogP contribution >= 0.6 is 23.2 Å². The van der Waals surface area contributed by atoms with E-state index < -0.39 is 6.09 Å². The van der Waals surface area contributed by atoms with Crippen molar-refractivity contribution >= 4 is 35.0 Å². The fourth-order valence-electron chi connectivity index (χ4n) is 1.31. The predicted octanol–water partition coefficient (Wildman–Crippen LogP) is 3.15. The van der Waals surface area contributed by atoms with E-state index in [2.05, 4.69) is 0 Å². The summed E-state index contributed by atoms with van der Waals surface area (Å²) in [5, 5.41) is 8.93. The summed E-state index contributed by atoms with van der Waals surface area (Å²) in [6, 6.07) is 7.10. The molecule has 0 radical (unpaired) electrons. The van der Waals surface area contributed by atoms with E-state index >= 15 is 0 Å². The molecule has 1 rings (SSSR count). The molecule has 0 spiro atoms. The molecule has 5 heteroatoms. The first-order valence-corrected chi connectivity index (χ1v) is 5.48. The van der Waals surface area contributed by atoms with Gasteiger partial charge in [0.1, 0.15) is 6.00 Å². The zero-order chi connectivity index (χ0) is 11.3. The van der Waals surface area contributed by atoms with Gasteiger partial charge in [0, 0.05) is 5.88 Å². The van der Waals surface area contributed by atoms with Gasteiger partial charge in [-0.1, -0.05) is 18.2 Å². The third-order valence-corrected chi connectivity index (χ3v) is 2.42. The molecule has 0 aliphatic carbocycles. The van der Waals surface area contributed by atoms with Crippen LogP contribution in [0.25, 0.3) is 0 Å². The molecule has 82 valence electrons. The molecule has 0 aliphatic heterocycles. The number of alkyl halides is 2. The molecule has 0 saturated heterocycles. The van der Waals surface area contributed by atoms with Crippen molar-refractivity contribution < 1.29 is 9.90 Å². The van der Waals surface area contributed by atoms with Gasteiger partial charge in [0.05, 0.1) is 5.69 Å². The summed E-state index contributed by atoms with van der Waals surface area (Å²) in [4.78, 5) is 12.0. The number of carboxylic acid groups (broad SMARTS) is 1. The van der Waals surface area contributed by atoms with Gasteiger partial charge in [-0.3, -0.25) is 4.90 Å². The Labute approximate surface area is 98.2 Å². The minimum absolute atomic E-state index is 0.0887. The summed E-state index contributed by atoms with van der Waals surface area (Å²) in [6.45, 7) is 0. The summed E-state index contributed by atoms with van der Waals surface area (Å²) in [7, 11) is 0. The third kappa shape index (κ3) is 3.01. The first kappa shape index (κ1) is 12.1. The fourth-order valence-corrected chi connectivity index (χ4v) is 1.74. The molecule has 1 N–H and O–H groups in total. The quantitative estimate of drug-likeness (QED) is 0.656. The average molecular weight is 248 g/mol. The van der Waals surface area contributed by atoms with Gasteiger partial charge in [0.15, 0.2) is 0 Å². The Hall–Kier alpha value is -0.930. The highest BCUT2D eigenvalue weighted by Gasteiger charge is 2.15. The van der Waals surface area contributed by atoms with Gasteiger partial charge in [-0.2, -0.15) is 0 Å². The number of amides is 1. The lowest BCUT2D eigenvalue weighted by Crippen LogP contribution is -2.28. The first-order chi connectivity index (χ1) is 7.20. The summed E-state index contributed by atoms with van der Waals surface area (Å²) in [5.41, 5.74) is 1.48. The van der Waals surface area contributed by atoms with Crippen LogP contribution in [0.5, 0.6) is 0 Å². The highest BCUT2D eigenvalue weighted by atomic mass is 35.5. The molecule has 1 amide bonds. The molecular formula is C10H11Cl2NO2. The lowest BCUT2D eigenvalue weighted by Gasteiger charge is -2.19. The van der Waals surface area contributed by atoms with E-state index in [1.165, 1.54) is 0 Å². The number of benzene rings is 1. The zero-order valence-corrected chi connectivity index (χ0v) is 9.50. The summed E-state index contributed by atoms with van der Waals surface area (Å²) < 4.78 is 0. The van der Waals surface area contributed by atoms with Crippen LogP contribution < -0.4 is 4.90 Å². The Morgan fingerprint density at radius 3 is 2.53 bits per heavy atom. The number of halogens is 2. The minimum atomic E-state index is -1.06. The normalized spacial score (nSPS) is 10.0. The van der Waals surface area contributed by atoms with Gasteiger partial charge in [-0.25, -0.2) is 4.79 Å². The number of anilines is 1. The molecule has 0 aromatic heterocycles. The molecule has 1 aromatic carbocycles. The van der Waals surface area contributed by atoms with Crippen molar-refractivity contribution in [3.8, 4) is 0 Å². The van der Waals surface area contributed by atoms with Crippen molar-refractivity contribution in [1.82, 2.24) is 0 Å². The molecule has 15 heavy (non-hydrogen) atoms. The summed E-state index contributed by atoms with van der Waals surface area (Å²) in [5.74, 6) is 0.451. The molecule has 0 unspecified atom stereocenters. The highest BCUT2D eigenvalue weighted by Crippen LogP contribution is 2.21. The van der Waals surface area contributed by atoms with Crippen LogP contribution in [0.4, 0.5) is 10.5 Å². The van der Waals surface area contributed by atoms with Crippen molar-refractivity contribution in [1.29, 1.82) is 0 Å². The number of hydrogen-bond donors (Lipinski definition) is 1. The van der Waals surface area contributed by atoms with E-state index in [0.717, 1.165) is 10.5 Å². The largest absolute Gasteiger partial charge is 0.465 e. The van der Waals surface area contributed by atoms with Crippen LogP contribution in [0.15, 0.2) is 24.3 Å². The van der Waals surface area contributed by atoms with Gasteiger partial charge < -0.3 is 5.11 Å². The SMILES string of the molecule is O=C(O)N(CCl)c1ccccc1CCCl. The number of rotatable bonds is 4. The second-order valence-electron chi connectivity index (χ2n) is 2.90. The average Bonchev–Trinajstić information content (AvgIpc) is 2.21. The van der Waals surface area contributed by atoms with E-state index in [0.29, 0.717) is 18.0 Å². The summed E-state index contributed by atoms with van der Waals surface area (Å²) >= 11 is 11.2. The highest BCUT2D eigenvalue weighted by molar-refractivity contribution is 6.21. The van der Waals surface area contributed by atoms with Gasteiger partial charge in [0.25, 0.3) is 0 Å². The van der Waals surface area contributed by atoms with Crippen molar-refractivity contribution in [2.24, 2.45) is 0 Å². The van der Waals surface area contributed by atoms with Gasteiger partial charge in [0.2, 0.25) is 0 Å². The Morgan fingerprint density at radius 1 is 1.33 bits per heavy atom. The molecule has 0 bridgehead atoms. The van der Waals surface area contributed by atoms with E-state index in [1.54, 1.807) is 12.1 Å². The van der Waals surface area contributed by atoms with Crippen LogP contribution in [0.2, 0.25) is 0 Å². The van der Waals surface area contributed by atoms with E-state index in [-0.39, 0.29) is 6.00 Å². The smallest absolute Gasteiger partial charge is 0.412 e. The maximum absolute atomic E-state index is 10.9. The van der Waals surface area contributed by atoms with Crippen molar-refractivity contribution in [3.05, 3.63) is 29.8 Å². The number of aryl methyl sites for hydroxylation is 1. The lowest BCUT2D eigenvalue weighted by molar-refractivity contribution is 0.203. The molecule has 0 fully saturated rings. The number of hydrogen-bond acceptors (Lipinski definition) is 1. The lowest BCUT2D eigenvalue weighted by atomic mass is 10.1. The van der Waals surface area contributed by atoms with Crippen molar-refractivity contribution in [2.75, 3.05) is 16.8 Å². The van der Waals surface area contributed by atoms with E-state index in [4.69, 9.17) is 28.3 Å². The molecule has 3 nitrogen and oxygen atoms in total. The minimum Gasteiger partial charge on any atom is -0.465 e. The Bertz CT molecular complexity index is 344. The van der Waals surface area contributed by atoms with Gasteiger partial charge >= 0.3 is 6.09 Å². The molecule has 1 aromatic rings. The number of carbonyl (C=O) groups is 1. The topological polar surface area (TPSA) is 40.5 Å². The second kappa shape index (κ2) is 5.83. The number of nitrogens with zero attached hydrogens (tertiary/aromatic N) is 1. The van der Waals surface area contributed by atoms with E-state index in [9.17, 15) is 4.79 Å². The predicted molar refractivity (Wildman–Crippen MR) is 62.1 cm³/mol. The van der Waals surface area contributed by atoms with Crippen molar-refractivity contribution in [2.45, 2.75) is 6.42 Å². The second-order valence-corrected chi connectivity index (χ2v) is 3.51. The molecule has 0 aliphatic rings. The van der Waals surface area contributed by atoms with Gasteiger partial charge in [-0.05, 0) is 18.1 Å². The maximum Gasteiger partial charge on any atom is 0.412 e. The fraction of sp³-hybridized carbons (Fsp3) is 0.300. The molecular weight excluding hydrogens is 237 g/mol. The zero-order valence-electron chi connectivity index (χ0n) is 7.99. The standard InChI is InChI=1S/C10H11Cl2NO2/c11-6-5-8-3-1-2-4-9(8)13(7-12)10(14)15/h1-4H,5-7H2,(H,14,15). The maximum atomic E-state index is 10.9. The molecule has 0 heterocycles. The summed E-state index contributed by atoms with van der Waals surface area (Å²) in [6.07, 6.45) is -0.440. The first-order valence-electron chi connectivity index (χ1n) is 4.41. The van der Waals surface area contributed by atoms with Crippen molar-refractivity contribution in [3.63, 3.8) is 0 Å². The third-order valence-electron chi connectivity index (χ3n) is 2.00.